The smallest absolute Gasteiger partial charge is 0.307 e. The van der Waals surface area contributed by atoms with Gasteiger partial charge in [-0.15, -0.1) is 10.2 Å². The van der Waals surface area contributed by atoms with Crippen LogP contribution in [0.25, 0.3) is 5.65 Å². The molecular weight excluding hydrogens is 182 g/mol. The Morgan fingerprint density at radius 2 is 2.29 bits per heavy atom. The van der Waals surface area contributed by atoms with Gasteiger partial charge in [0, 0.05) is 6.20 Å². The highest BCUT2D eigenvalue weighted by atomic mass is 16.4. The van der Waals surface area contributed by atoms with Gasteiger partial charge < -0.3 is 5.11 Å². The first-order chi connectivity index (χ1) is 6.66. The lowest BCUT2D eigenvalue weighted by Gasteiger charge is -1.98. The predicted molar refractivity (Wildman–Crippen MR) is 49.1 cm³/mol. The molecule has 0 saturated heterocycles. The van der Waals surface area contributed by atoms with Crippen LogP contribution in [0.2, 0.25) is 0 Å². The summed E-state index contributed by atoms with van der Waals surface area (Å²) in [7, 11) is 0. The summed E-state index contributed by atoms with van der Waals surface area (Å²) in [4.78, 5) is 10.5. The molecule has 2 rings (SSSR count). The quantitative estimate of drug-likeness (QED) is 0.757. The Hall–Kier alpha value is -1.91. The summed E-state index contributed by atoms with van der Waals surface area (Å²) in [5, 5.41) is 16.4. The van der Waals surface area contributed by atoms with Crippen molar-refractivity contribution in [2.75, 3.05) is 0 Å². The number of aryl methyl sites for hydroxylation is 1. The summed E-state index contributed by atoms with van der Waals surface area (Å²) in [5.41, 5.74) is 1.48. The van der Waals surface area contributed by atoms with E-state index in [1.54, 1.807) is 22.7 Å². The number of carboxylic acid groups (broad SMARTS) is 1. The molecule has 0 fully saturated rings. The molecule has 2 aromatic rings. The lowest BCUT2D eigenvalue weighted by atomic mass is 10.2. The fourth-order valence-corrected chi connectivity index (χ4v) is 1.33. The van der Waals surface area contributed by atoms with Crippen LogP contribution >= 0.6 is 0 Å². The van der Waals surface area contributed by atoms with Crippen molar-refractivity contribution in [1.29, 1.82) is 0 Å². The Kier molecular flexibility index (Phi) is 1.92. The maximum atomic E-state index is 10.5. The summed E-state index contributed by atoms with van der Waals surface area (Å²) in [6.45, 7) is 1.82. The van der Waals surface area contributed by atoms with Crippen LogP contribution in [0.5, 0.6) is 0 Å². The summed E-state index contributed by atoms with van der Waals surface area (Å²) < 4.78 is 1.78. The van der Waals surface area contributed by atoms with Crippen molar-refractivity contribution in [1.82, 2.24) is 14.6 Å². The zero-order valence-electron chi connectivity index (χ0n) is 7.64. The molecule has 5 nitrogen and oxygen atoms in total. The fourth-order valence-electron chi connectivity index (χ4n) is 1.33. The maximum absolute atomic E-state index is 10.5. The van der Waals surface area contributed by atoms with Crippen LogP contribution in [0.15, 0.2) is 18.3 Å². The van der Waals surface area contributed by atoms with Gasteiger partial charge in [0.1, 0.15) is 5.82 Å². The molecule has 0 aromatic carbocycles. The van der Waals surface area contributed by atoms with Gasteiger partial charge in [-0.3, -0.25) is 9.20 Å². The molecule has 0 spiro atoms. The summed E-state index contributed by atoms with van der Waals surface area (Å²) in [6.07, 6.45) is 1.77. The van der Waals surface area contributed by atoms with Crippen molar-refractivity contribution in [3.8, 4) is 0 Å². The Morgan fingerprint density at radius 1 is 1.50 bits per heavy atom. The van der Waals surface area contributed by atoms with Gasteiger partial charge in [0.2, 0.25) is 0 Å². The second kappa shape index (κ2) is 3.10. The van der Waals surface area contributed by atoms with E-state index in [2.05, 4.69) is 10.2 Å². The molecule has 5 heteroatoms. The van der Waals surface area contributed by atoms with Gasteiger partial charge in [0.05, 0.1) is 6.42 Å². The van der Waals surface area contributed by atoms with Crippen LogP contribution < -0.4 is 0 Å². The standard InChI is InChI=1S/C9H9N3O2/c1-6-10-11-8-3-2-7(4-9(13)14)5-12(6)8/h2-3,5H,4H2,1H3,(H,13,14). The molecule has 2 aromatic heterocycles. The Bertz CT molecular complexity index is 490. The van der Waals surface area contributed by atoms with Gasteiger partial charge in [-0.2, -0.15) is 0 Å². The molecule has 0 aliphatic carbocycles. The number of fused-ring (bicyclic) bond motifs is 1. The SMILES string of the molecule is Cc1nnc2ccc(CC(=O)O)cn12. The lowest BCUT2D eigenvalue weighted by Crippen LogP contribution is -2.01. The van der Waals surface area contributed by atoms with Crippen LogP contribution in [0.3, 0.4) is 0 Å². The van der Waals surface area contributed by atoms with Gasteiger partial charge in [-0.25, -0.2) is 0 Å². The first-order valence-electron chi connectivity index (χ1n) is 4.19. The van der Waals surface area contributed by atoms with Gasteiger partial charge in [0.25, 0.3) is 0 Å². The minimum atomic E-state index is -0.838. The van der Waals surface area contributed by atoms with E-state index >= 15 is 0 Å². The molecule has 2 heterocycles. The number of nitrogens with zero attached hydrogens (tertiary/aromatic N) is 3. The maximum Gasteiger partial charge on any atom is 0.307 e. The van der Waals surface area contributed by atoms with Crippen molar-refractivity contribution in [2.24, 2.45) is 0 Å². The molecule has 0 saturated carbocycles. The minimum absolute atomic E-state index is 0.0214. The molecule has 0 aliphatic heterocycles. The van der Waals surface area contributed by atoms with Crippen LogP contribution in [-0.2, 0) is 11.2 Å². The third-order valence-corrected chi connectivity index (χ3v) is 1.99. The van der Waals surface area contributed by atoms with E-state index in [0.717, 1.165) is 17.0 Å². The number of aromatic nitrogens is 3. The van der Waals surface area contributed by atoms with Crippen LogP contribution in [0.4, 0.5) is 0 Å². The molecule has 0 aliphatic rings. The molecule has 0 unspecified atom stereocenters. The van der Waals surface area contributed by atoms with Crippen LogP contribution in [-0.4, -0.2) is 25.7 Å². The number of carbonyl (C=O) groups is 1. The first kappa shape index (κ1) is 8.68. The zero-order chi connectivity index (χ0) is 10.1. The highest BCUT2D eigenvalue weighted by Gasteiger charge is 2.04. The van der Waals surface area contributed by atoms with Crippen molar-refractivity contribution in [3.05, 3.63) is 29.7 Å². The topological polar surface area (TPSA) is 67.5 Å². The van der Waals surface area contributed by atoms with Crippen molar-refractivity contribution in [2.45, 2.75) is 13.3 Å². The van der Waals surface area contributed by atoms with Gasteiger partial charge >= 0.3 is 5.97 Å². The van der Waals surface area contributed by atoms with Crippen molar-refractivity contribution in [3.63, 3.8) is 0 Å². The molecule has 0 bridgehead atoms. The van der Waals surface area contributed by atoms with E-state index in [-0.39, 0.29) is 6.42 Å². The number of pyridine rings is 1. The van der Waals surface area contributed by atoms with Crippen molar-refractivity contribution < 1.29 is 9.90 Å². The second-order valence-electron chi connectivity index (χ2n) is 3.08. The lowest BCUT2D eigenvalue weighted by molar-refractivity contribution is -0.136. The van der Waals surface area contributed by atoms with E-state index in [0.29, 0.717) is 0 Å². The molecule has 0 atom stereocenters. The Labute approximate surface area is 80.0 Å². The number of rotatable bonds is 2. The molecule has 0 radical (unpaired) electrons. The number of aliphatic carboxylic acids is 1. The number of carboxylic acids is 1. The van der Waals surface area contributed by atoms with E-state index in [1.165, 1.54) is 0 Å². The van der Waals surface area contributed by atoms with Gasteiger partial charge in [0.15, 0.2) is 5.65 Å². The monoisotopic (exact) mass is 191 g/mol. The normalized spacial score (nSPS) is 10.6. The zero-order valence-corrected chi connectivity index (χ0v) is 7.64. The van der Waals surface area contributed by atoms with Gasteiger partial charge in [-0.05, 0) is 18.6 Å². The van der Waals surface area contributed by atoms with E-state index < -0.39 is 5.97 Å². The van der Waals surface area contributed by atoms with E-state index in [1.807, 2.05) is 6.92 Å². The van der Waals surface area contributed by atoms with Gasteiger partial charge in [-0.1, -0.05) is 6.07 Å². The highest BCUT2D eigenvalue weighted by Crippen LogP contribution is 2.06. The number of hydrogen-bond acceptors (Lipinski definition) is 3. The van der Waals surface area contributed by atoms with Crippen molar-refractivity contribution >= 4 is 11.6 Å². The highest BCUT2D eigenvalue weighted by molar-refractivity contribution is 5.70. The summed E-state index contributed by atoms with van der Waals surface area (Å²) in [5.74, 6) is -0.0812. The van der Waals surface area contributed by atoms with E-state index in [9.17, 15) is 4.79 Å². The summed E-state index contributed by atoms with van der Waals surface area (Å²) in [6, 6.07) is 3.51. The third-order valence-electron chi connectivity index (χ3n) is 1.99. The Balaban J connectivity index is 2.49. The van der Waals surface area contributed by atoms with Crippen LogP contribution in [0, 0.1) is 6.92 Å². The first-order valence-corrected chi connectivity index (χ1v) is 4.19. The molecule has 1 N–H and O–H groups in total. The van der Waals surface area contributed by atoms with E-state index in [4.69, 9.17) is 5.11 Å². The third kappa shape index (κ3) is 1.44. The Morgan fingerprint density at radius 3 is 3.00 bits per heavy atom. The summed E-state index contributed by atoms with van der Waals surface area (Å²) >= 11 is 0. The fraction of sp³-hybridized carbons (Fsp3) is 0.222. The molecular formula is C9H9N3O2. The molecule has 14 heavy (non-hydrogen) atoms. The minimum Gasteiger partial charge on any atom is -0.481 e. The average molecular weight is 191 g/mol. The predicted octanol–water partition coefficient (Wildman–Crippen LogP) is 0.665. The molecule has 0 amide bonds. The molecule has 72 valence electrons. The largest absolute Gasteiger partial charge is 0.481 e. The number of hydrogen-bond donors (Lipinski definition) is 1. The van der Waals surface area contributed by atoms with Crippen LogP contribution in [0.1, 0.15) is 11.4 Å². The second-order valence-corrected chi connectivity index (χ2v) is 3.08. The average Bonchev–Trinajstić information content (AvgIpc) is 2.47.